The van der Waals surface area contributed by atoms with Crippen LogP contribution in [0.5, 0.6) is 34.5 Å². The molecular weight excluding hydrogens is 1290 g/mol. The van der Waals surface area contributed by atoms with Crippen molar-refractivity contribution in [2.45, 2.75) is 0 Å². The second kappa shape index (κ2) is 31.1. The predicted molar refractivity (Wildman–Crippen MR) is 413 cm³/mol. The Kier molecular flexibility index (Phi) is 20.3. The lowest BCUT2D eigenvalue weighted by molar-refractivity contribution is 0.414. The first-order valence-electron chi connectivity index (χ1n) is 33.1. The van der Waals surface area contributed by atoms with Crippen molar-refractivity contribution in [3.05, 3.63) is 326 Å². The van der Waals surface area contributed by atoms with E-state index >= 15 is 0 Å². The third-order valence-electron chi connectivity index (χ3n) is 17.7. The quantitative estimate of drug-likeness (QED) is 0.0559. The largest absolute Gasteiger partial charge is 0.497 e. The Labute approximate surface area is 605 Å². The molecule has 506 valence electrons. The number of ether oxygens (including phenoxy) is 6. The fourth-order valence-corrected chi connectivity index (χ4v) is 12.5. The zero-order valence-electron chi connectivity index (χ0n) is 57.8. The van der Waals surface area contributed by atoms with E-state index in [1.54, 1.807) is 42.7 Å². The Balaban J connectivity index is 1.06. The molecule has 13 aromatic rings. The van der Waals surface area contributed by atoms with Crippen LogP contribution >= 0.6 is 0 Å². The summed E-state index contributed by atoms with van der Waals surface area (Å²) in [6, 6.07) is 108. The van der Waals surface area contributed by atoms with E-state index in [0.29, 0.717) is 56.8 Å². The minimum Gasteiger partial charge on any atom is -0.497 e. The van der Waals surface area contributed by atoms with Crippen LogP contribution in [0, 0.1) is 45.3 Å². The number of nitrogens with zero attached hydrogens (tertiary/aromatic N) is 10. The molecule has 0 radical (unpaired) electrons. The fourth-order valence-electron chi connectivity index (χ4n) is 12.5. The maximum Gasteiger partial charge on any atom is 0.119 e. The van der Waals surface area contributed by atoms with E-state index < -0.39 is 0 Å². The van der Waals surface area contributed by atoms with Gasteiger partial charge in [0.25, 0.3) is 0 Å². The fraction of sp³-hybridized carbons (Fsp3) is 0.0682. The Hall–Kier alpha value is -14.6. The normalized spacial score (nSPS) is 10.6. The summed E-state index contributed by atoms with van der Waals surface area (Å²) < 4.78 is 34.4. The highest BCUT2D eigenvalue weighted by Crippen LogP contribution is 2.50. The Morgan fingerprint density at radius 3 is 0.375 bits per heavy atom. The Bertz CT molecular complexity index is 4700. The summed E-state index contributed by atoms with van der Waals surface area (Å²) in [7, 11) is 9.86. The molecule has 0 atom stereocenters. The van der Waals surface area contributed by atoms with Crippen LogP contribution in [-0.2, 0) is 0 Å². The molecule has 0 bridgehead atoms. The summed E-state index contributed by atoms with van der Waals surface area (Å²) in [6.07, 6.45) is 0. The maximum atomic E-state index is 10.1. The highest BCUT2D eigenvalue weighted by molar-refractivity contribution is 5.93. The molecule has 0 fully saturated rings. The second-order valence-corrected chi connectivity index (χ2v) is 23.8. The van der Waals surface area contributed by atoms with E-state index in [2.05, 4.69) is 114 Å². The molecule has 104 heavy (non-hydrogen) atoms. The third-order valence-corrected chi connectivity index (χ3v) is 17.7. The molecule has 0 aliphatic heterocycles. The number of hydrogen-bond donors (Lipinski definition) is 0. The van der Waals surface area contributed by atoms with E-state index in [-0.39, 0.29) is 0 Å². The van der Waals surface area contributed by atoms with Gasteiger partial charge in [-0.2, -0.15) is 21.0 Å². The number of methoxy groups -OCH3 is 6. The molecule has 0 aliphatic rings. The molecule has 0 heterocycles. The van der Waals surface area contributed by atoms with Crippen molar-refractivity contribution in [3.63, 3.8) is 0 Å². The lowest BCUT2D eigenvalue weighted by Gasteiger charge is -2.34. The first-order chi connectivity index (χ1) is 51.0. The highest BCUT2D eigenvalue weighted by Gasteiger charge is 2.27. The van der Waals surface area contributed by atoms with Gasteiger partial charge in [-0.15, -0.1) is 0 Å². The molecule has 0 aliphatic carbocycles. The van der Waals surface area contributed by atoms with Gasteiger partial charge in [0.1, 0.15) is 34.5 Å². The molecule has 13 rings (SSSR count). The van der Waals surface area contributed by atoms with E-state index in [9.17, 15) is 21.0 Å². The Morgan fingerprint density at radius 1 is 0.163 bits per heavy atom. The molecule has 0 spiro atoms. The van der Waals surface area contributed by atoms with Crippen LogP contribution in [0.1, 0.15) is 22.3 Å². The molecule has 16 heteroatoms. The molecule has 0 aromatic heterocycles. The average molecular weight is 1360 g/mol. The zero-order valence-corrected chi connectivity index (χ0v) is 57.8. The summed E-state index contributed by atoms with van der Waals surface area (Å²) >= 11 is 0. The topological polar surface area (TPSA) is 170 Å². The van der Waals surface area contributed by atoms with Crippen LogP contribution in [-0.4, -0.2) is 42.7 Å². The minimum absolute atomic E-state index is 0.509. The smallest absolute Gasteiger partial charge is 0.119 e. The molecule has 13 aromatic carbocycles. The van der Waals surface area contributed by atoms with Gasteiger partial charge >= 0.3 is 0 Å². The van der Waals surface area contributed by atoms with Crippen LogP contribution in [0.3, 0.4) is 0 Å². The van der Waals surface area contributed by atoms with Gasteiger partial charge < -0.3 is 57.8 Å². The van der Waals surface area contributed by atoms with Crippen molar-refractivity contribution >= 4 is 102 Å². The van der Waals surface area contributed by atoms with Crippen molar-refractivity contribution in [1.82, 2.24) is 0 Å². The molecule has 0 saturated carbocycles. The van der Waals surface area contributed by atoms with Crippen molar-refractivity contribution < 1.29 is 28.4 Å². The summed E-state index contributed by atoms with van der Waals surface area (Å²) in [5, 5.41) is 40.4. The van der Waals surface area contributed by atoms with Crippen molar-refractivity contribution in [1.29, 1.82) is 21.0 Å². The molecular formula is C88H68N10O6. The summed E-state index contributed by atoms with van der Waals surface area (Å²) in [6.45, 7) is 0. The molecule has 0 N–H and O–H groups in total. The summed E-state index contributed by atoms with van der Waals surface area (Å²) in [5.74, 6) is 4.06. The molecule has 16 nitrogen and oxygen atoms in total. The minimum atomic E-state index is 0.509. The second-order valence-electron chi connectivity index (χ2n) is 23.8. The molecule has 0 unspecified atom stereocenters. The first-order valence-corrected chi connectivity index (χ1v) is 33.1. The number of benzene rings is 13. The van der Waals surface area contributed by atoms with Crippen molar-refractivity contribution in [3.8, 4) is 58.8 Å². The van der Waals surface area contributed by atoms with E-state index in [4.69, 9.17) is 28.4 Å². The number of rotatable bonds is 24. The summed E-state index contributed by atoms with van der Waals surface area (Å²) in [4.78, 5) is 13.0. The van der Waals surface area contributed by atoms with Crippen LogP contribution < -0.4 is 57.8 Å². The van der Waals surface area contributed by atoms with Gasteiger partial charge in [0.05, 0.1) is 123 Å². The van der Waals surface area contributed by atoms with Gasteiger partial charge in [0, 0.05) is 68.2 Å². The van der Waals surface area contributed by atoms with Gasteiger partial charge in [0.2, 0.25) is 0 Å². The molecule has 0 amide bonds. The predicted octanol–water partition coefficient (Wildman–Crippen LogP) is 22.0. The number of nitriles is 4. The van der Waals surface area contributed by atoms with Gasteiger partial charge in [-0.1, -0.05) is 0 Å². The van der Waals surface area contributed by atoms with E-state index in [0.717, 1.165) is 102 Å². The van der Waals surface area contributed by atoms with E-state index in [1.807, 2.05) is 243 Å². The van der Waals surface area contributed by atoms with Crippen LogP contribution in [0.15, 0.2) is 303 Å². The number of anilines is 18. The lowest BCUT2D eigenvalue weighted by Crippen LogP contribution is -2.17. The SMILES string of the molecule is COc1ccc(N(c2ccc(C#N)cc2)c2cc(N(c3ccc(C#N)cc3)c3ccc(OC)cc3)cc(N(c3ccc(OC)cc3)c3ccc(N(c4ccc(OC)cc4)c4cc(N(c5ccc(C#N)cc5)c5ccc(OC)cc5)cc(N(c5ccc(C#N)cc5)c5ccc(OC)cc5)c4)cc3)c2)cc1. The van der Waals surface area contributed by atoms with Gasteiger partial charge in [0.15, 0.2) is 0 Å². The number of hydrogen-bond acceptors (Lipinski definition) is 16. The third kappa shape index (κ3) is 14.6. The standard InChI is InChI=1S/C88H68N10O6/c1-99-83-39-27-71(28-40-83)93(65-15-7-61(57-89)8-16-65)77-51-78(94(66-17-9-62(58-90)10-18-66)72-29-41-84(100-2)42-30-72)54-81(53-77)97(75-35-47-87(103-5)48-36-75)69-23-25-70(26-24-69)98(76-37-49-88(104-6)50-38-76)82-55-79(95(67-19-11-63(59-91)12-20-67)73-31-43-85(101-3)44-32-73)52-80(56-82)96(68-21-13-64(60-92)14-22-68)74-33-45-86(102-4)46-34-74/h7-56H,1-6H3. The van der Waals surface area contributed by atoms with Crippen molar-refractivity contribution in [2.24, 2.45) is 0 Å². The van der Waals surface area contributed by atoms with Crippen LogP contribution in [0.2, 0.25) is 0 Å². The average Bonchev–Trinajstić information content (AvgIpc) is 0.768. The summed E-state index contributed by atoms with van der Waals surface area (Å²) in [5.41, 5.74) is 16.1. The van der Waals surface area contributed by atoms with Crippen LogP contribution in [0.25, 0.3) is 0 Å². The van der Waals surface area contributed by atoms with E-state index in [1.165, 1.54) is 0 Å². The monoisotopic (exact) mass is 1360 g/mol. The molecule has 0 saturated heterocycles. The zero-order chi connectivity index (χ0) is 72.1. The van der Waals surface area contributed by atoms with Crippen LogP contribution in [0.4, 0.5) is 102 Å². The van der Waals surface area contributed by atoms with Gasteiger partial charge in [-0.05, 0) is 303 Å². The lowest BCUT2D eigenvalue weighted by atomic mass is 10.1. The van der Waals surface area contributed by atoms with Gasteiger partial charge in [-0.25, -0.2) is 0 Å². The first kappa shape index (κ1) is 68.0. The van der Waals surface area contributed by atoms with Crippen molar-refractivity contribution in [2.75, 3.05) is 72.1 Å². The van der Waals surface area contributed by atoms with Gasteiger partial charge in [-0.3, -0.25) is 0 Å². The Morgan fingerprint density at radius 2 is 0.269 bits per heavy atom. The highest BCUT2D eigenvalue weighted by atomic mass is 16.5. The maximum absolute atomic E-state index is 10.1.